The molecule has 0 saturated carbocycles. The molecule has 0 saturated heterocycles. The highest BCUT2D eigenvalue weighted by Crippen LogP contribution is 2.14. The van der Waals surface area contributed by atoms with Gasteiger partial charge < -0.3 is 4.90 Å². The molecule has 0 unspecified atom stereocenters. The van der Waals surface area contributed by atoms with Gasteiger partial charge in [0.15, 0.2) is 0 Å². The molecule has 1 rings (SSSR count). The van der Waals surface area contributed by atoms with Gasteiger partial charge in [0, 0.05) is 25.2 Å². The van der Waals surface area contributed by atoms with Crippen LogP contribution >= 0.6 is 0 Å². The van der Waals surface area contributed by atoms with E-state index < -0.39 is 0 Å². The van der Waals surface area contributed by atoms with Crippen LogP contribution in [0.3, 0.4) is 0 Å². The number of nitrogens with one attached hydrogen (secondary N) is 1. The fourth-order valence-electron chi connectivity index (χ4n) is 3.19. The molecule has 0 fully saturated rings. The molecule has 0 spiro atoms. The molecule has 1 N–H and O–H groups in total. The lowest BCUT2D eigenvalue weighted by Gasteiger charge is -2.20. The van der Waals surface area contributed by atoms with Gasteiger partial charge in [-0.3, -0.25) is 4.79 Å². The molecule has 1 amide bonds. The molecule has 0 radical (unpaired) electrons. The van der Waals surface area contributed by atoms with Crippen molar-refractivity contribution in [2.24, 2.45) is 5.10 Å². The Morgan fingerprint density at radius 3 is 2.00 bits per heavy atom. The van der Waals surface area contributed by atoms with Gasteiger partial charge in [0.25, 0.3) is 0 Å². The maximum atomic E-state index is 11.8. The van der Waals surface area contributed by atoms with Crippen molar-refractivity contribution >= 4 is 17.8 Å². The third kappa shape index (κ3) is 10.8. The van der Waals surface area contributed by atoms with Crippen molar-refractivity contribution in [1.29, 1.82) is 0 Å². The van der Waals surface area contributed by atoms with Crippen LogP contribution in [0.1, 0.15) is 90.5 Å². The van der Waals surface area contributed by atoms with E-state index in [2.05, 4.69) is 48.3 Å². The van der Waals surface area contributed by atoms with E-state index in [1.54, 1.807) is 6.21 Å². The standard InChI is InChI=1S/C23H39N3O/c1-4-7-8-9-10-11-12-13-14-15-23(27)25-24-20-21-16-18-22(19-17-21)26(5-2)6-3/h16-20H,4-15H2,1-3H3,(H,25,27). The van der Waals surface area contributed by atoms with Crippen molar-refractivity contribution in [3.05, 3.63) is 29.8 Å². The summed E-state index contributed by atoms with van der Waals surface area (Å²) in [6, 6.07) is 8.25. The van der Waals surface area contributed by atoms with Gasteiger partial charge in [-0.25, -0.2) is 5.43 Å². The molecule has 0 bridgehead atoms. The number of hydrogen-bond acceptors (Lipinski definition) is 3. The molecular formula is C23H39N3O. The fourth-order valence-corrected chi connectivity index (χ4v) is 3.19. The van der Waals surface area contributed by atoms with Gasteiger partial charge in [-0.1, -0.05) is 70.4 Å². The van der Waals surface area contributed by atoms with E-state index in [4.69, 9.17) is 0 Å². The van der Waals surface area contributed by atoms with E-state index in [9.17, 15) is 4.79 Å². The zero-order valence-corrected chi connectivity index (χ0v) is 17.7. The monoisotopic (exact) mass is 373 g/mol. The van der Waals surface area contributed by atoms with Crippen LogP contribution in [0, 0.1) is 0 Å². The van der Waals surface area contributed by atoms with Gasteiger partial charge in [0.2, 0.25) is 5.91 Å². The lowest BCUT2D eigenvalue weighted by molar-refractivity contribution is -0.121. The molecule has 0 aliphatic rings. The summed E-state index contributed by atoms with van der Waals surface area (Å²) < 4.78 is 0. The summed E-state index contributed by atoms with van der Waals surface area (Å²) in [6.07, 6.45) is 13.6. The van der Waals surface area contributed by atoms with Crippen molar-refractivity contribution in [2.75, 3.05) is 18.0 Å². The summed E-state index contributed by atoms with van der Waals surface area (Å²) in [4.78, 5) is 14.1. The molecule has 0 aliphatic heterocycles. The molecule has 152 valence electrons. The maximum absolute atomic E-state index is 11.8. The van der Waals surface area contributed by atoms with Crippen molar-refractivity contribution in [3.8, 4) is 0 Å². The predicted octanol–water partition coefficient (Wildman–Crippen LogP) is 5.90. The minimum atomic E-state index is 0.00829. The van der Waals surface area contributed by atoms with Crippen LogP contribution in [-0.4, -0.2) is 25.2 Å². The maximum Gasteiger partial charge on any atom is 0.240 e. The van der Waals surface area contributed by atoms with Gasteiger partial charge in [0.05, 0.1) is 6.21 Å². The van der Waals surface area contributed by atoms with Crippen LogP contribution in [-0.2, 0) is 4.79 Å². The van der Waals surface area contributed by atoms with E-state index in [0.29, 0.717) is 6.42 Å². The number of hydrazone groups is 1. The first kappa shape index (κ1) is 23.2. The van der Waals surface area contributed by atoms with E-state index >= 15 is 0 Å². The van der Waals surface area contributed by atoms with Crippen LogP contribution in [0.4, 0.5) is 5.69 Å². The molecule has 1 aromatic rings. The third-order valence-electron chi connectivity index (χ3n) is 4.93. The lowest BCUT2D eigenvalue weighted by atomic mass is 10.1. The minimum absolute atomic E-state index is 0.00829. The average Bonchev–Trinajstić information content (AvgIpc) is 2.69. The summed E-state index contributed by atoms with van der Waals surface area (Å²) in [5.74, 6) is 0.00829. The molecule has 0 aliphatic carbocycles. The molecule has 4 nitrogen and oxygen atoms in total. The lowest BCUT2D eigenvalue weighted by Crippen LogP contribution is -2.21. The van der Waals surface area contributed by atoms with Gasteiger partial charge in [-0.15, -0.1) is 0 Å². The first-order chi connectivity index (χ1) is 13.2. The van der Waals surface area contributed by atoms with E-state index in [0.717, 1.165) is 31.5 Å². The van der Waals surface area contributed by atoms with Crippen LogP contribution in [0.2, 0.25) is 0 Å². The topological polar surface area (TPSA) is 44.7 Å². The van der Waals surface area contributed by atoms with Crippen molar-refractivity contribution in [2.45, 2.75) is 85.0 Å². The molecule has 4 heteroatoms. The highest BCUT2D eigenvalue weighted by atomic mass is 16.2. The Balaban J connectivity index is 2.13. The van der Waals surface area contributed by atoms with Gasteiger partial charge in [-0.2, -0.15) is 5.10 Å². The second-order valence-electron chi connectivity index (χ2n) is 7.14. The first-order valence-electron chi connectivity index (χ1n) is 10.9. The first-order valence-corrected chi connectivity index (χ1v) is 10.9. The Morgan fingerprint density at radius 2 is 1.44 bits per heavy atom. The van der Waals surface area contributed by atoms with Gasteiger partial charge in [-0.05, 0) is 38.0 Å². The summed E-state index contributed by atoms with van der Waals surface area (Å²) in [5.41, 5.74) is 4.85. The number of benzene rings is 1. The average molecular weight is 374 g/mol. The smallest absolute Gasteiger partial charge is 0.240 e. The number of anilines is 1. The van der Waals surface area contributed by atoms with Gasteiger partial charge in [0.1, 0.15) is 0 Å². The van der Waals surface area contributed by atoms with Gasteiger partial charge >= 0.3 is 0 Å². The quantitative estimate of drug-likeness (QED) is 0.236. The van der Waals surface area contributed by atoms with E-state index in [1.807, 2.05) is 12.1 Å². The third-order valence-corrected chi connectivity index (χ3v) is 4.93. The Kier molecular flexibility index (Phi) is 13.1. The second kappa shape index (κ2) is 15.2. The molecule has 1 aromatic carbocycles. The molecule has 27 heavy (non-hydrogen) atoms. The van der Waals surface area contributed by atoms with Crippen molar-refractivity contribution in [3.63, 3.8) is 0 Å². The molecule has 0 heterocycles. The Bertz CT molecular complexity index is 521. The number of unbranched alkanes of at least 4 members (excludes halogenated alkanes) is 8. The number of carbonyl (C=O) groups excluding carboxylic acids is 1. The van der Waals surface area contributed by atoms with Crippen LogP contribution in [0.5, 0.6) is 0 Å². The summed E-state index contributed by atoms with van der Waals surface area (Å²) in [7, 11) is 0. The molecule has 0 atom stereocenters. The fraction of sp³-hybridized carbons (Fsp3) is 0.652. The predicted molar refractivity (Wildman–Crippen MR) is 118 cm³/mol. The van der Waals surface area contributed by atoms with E-state index in [-0.39, 0.29) is 5.91 Å². The number of nitrogens with zero attached hydrogens (tertiary/aromatic N) is 2. The summed E-state index contributed by atoms with van der Waals surface area (Å²) in [6.45, 7) is 8.56. The number of rotatable bonds is 15. The van der Waals surface area contributed by atoms with E-state index in [1.165, 1.54) is 50.6 Å². The largest absolute Gasteiger partial charge is 0.372 e. The van der Waals surface area contributed by atoms with Crippen LogP contribution < -0.4 is 10.3 Å². The van der Waals surface area contributed by atoms with Crippen LogP contribution in [0.25, 0.3) is 0 Å². The zero-order valence-electron chi connectivity index (χ0n) is 17.7. The highest BCUT2D eigenvalue weighted by molar-refractivity contribution is 5.82. The Morgan fingerprint density at radius 1 is 0.889 bits per heavy atom. The van der Waals surface area contributed by atoms with Crippen molar-refractivity contribution < 1.29 is 4.79 Å². The summed E-state index contributed by atoms with van der Waals surface area (Å²) in [5, 5.41) is 4.08. The van der Waals surface area contributed by atoms with Crippen molar-refractivity contribution in [1.82, 2.24) is 5.43 Å². The number of hydrogen-bond donors (Lipinski definition) is 1. The molecule has 0 aromatic heterocycles. The van der Waals surface area contributed by atoms with Crippen LogP contribution in [0.15, 0.2) is 29.4 Å². The normalized spacial score (nSPS) is 11.1. The zero-order chi connectivity index (χ0) is 19.7. The SMILES string of the molecule is CCCCCCCCCCCC(=O)NN=Cc1ccc(N(CC)CC)cc1. The minimum Gasteiger partial charge on any atom is -0.372 e. The Hall–Kier alpha value is -1.84. The number of amides is 1. The Labute approximate surface area is 166 Å². The summed E-state index contributed by atoms with van der Waals surface area (Å²) >= 11 is 0. The number of carbonyl (C=O) groups is 1. The second-order valence-corrected chi connectivity index (χ2v) is 7.14. The molecular weight excluding hydrogens is 334 g/mol. The highest BCUT2D eigenvalue weighted by Gasteiger charge is 2.01.